The lowest BCUT2D eigenvalue weighted by Crippen LogP contribution is -2.23. The molecule has 1 rings (SSSR count). The van der Waals surface area contributed by atoms with Crippen LogP contribution >= 0.6 is 0 Å². The Hall–Kier alpha value is -0.0400. The molecule has 0 aromatic rings. The van der Waals surface area contributed by atoms with Crippen molar-refractivity contribution in [2.45, 2.75) is 78.1 Å². The van der Waals surface area contributed by atoms with E-state index in [1.54, 1.807) is 0 Å². The Bertz CT molecular complexity index is 157. The van der Waals surface area contributed by atoms with Crippen LogP contribution in [0, 0.1) is 5.92 Å². The van der Waals surface area contributed by atoms with Crippen molar-refractivity contribution >= 4 is 0 Å². The molecular weight excluding hydrogens is 206 g/mol. The van der Waals surface area contributed by atoms with Gasteiger partial charge in [0.15, 0.2) is 0 Å². The summed E-state index contributed by atoms with van der Waals surface area (Å²) in [7, 11) is 0. The molecule has 0 amide bonds. The summed E-state index contributed by atoms with van der Waals surface area (Å²) in [6.45, 7) is 8.30. The Morgan fingerprint density at radius 2 is 1.47 bits per heavy atom. The lowest BCUT2D eigenvalue weighted by molar-refractivity contribution is 0.291. The van der Waals surface area contributed by atoms with Crippen molar-refractivity contribution in [3.05, 3.63) is 0 Å². The SMILES string of the molecule is CCN(CC)CCCCCCC1CCCCC1. The highest BCUT2D eigenvalue weighted by atomic mass is 15.1. The Kier molecular flexibility index (Phi) is 8.78. The zero-order chi connectivity index (χ0) is 12.3. The lowest BCUT2D eigenvalue weighted by atomic mass is 9.85. The molecule has 1 heteroatoms. The third kappa shape index (κ3) is 7.08. The van der Waals surface area contributed by atoms with Crippen LogP contribution in [-0.2, 0) is 0 Å². The molecular formula is C16H33N. The summed E-state index contributed by atoms with van der Waals surface area (Å²) in [5, 5.41) is 0. The summed E-state index contributed by atoms with van der Waals surface area (Å²) in [4.78, 5) is 2.54. The van der Waals surface area contributed by atoms with Gasteiger partial charge in [-0.05, 0) is 32.0 Å². The van der Waals surface area contributed by atoms with Gasteiger partial charge in [0.05, 0.1) is 0 Å². The van der Waals surface area contributed by atoms with Crippen molar-refractivity contribution in [2.24, 2.45) is 5.92 Å². The average Bonchev–Trinajstić information content (AvgIpc) is 2.39. The second-order valence-corrected chi connectivity index (χ2v) is 5.73. The molecule has 0 bridgehead atoms. The van der Waals surface area contributed by atoms with Crippen LogP contribution in [0.5, 0.6) is 0 Å². The fourth-order valence-electron chi connectivity index (χ4n) is 3.14. The molecule has 0 aromatic carbocycles. The van der Waals surface area contributed by atoms with Crippen LogP contribution in [0.1, 0.15) is 78.1 Å². The van der Waals surface area contributed by atoms with Crippen LogP contribution in [0.25, 0.3) is 0 Å². The van der Waals surface area contributed by atoms with Crippen LogP contribution < -0.4 is 0 Å². The van der Waals surface area contributed by atoms with Gasteiger partial charge in [0.1, 0.15) is 0 Å². The largest absolute Gasteiger partial charge is 0.304 e. The van der Waals surface area contributed by atoms with E-state index in [1.807, 2.05) is 0 Å². The van der Waals surface area contributed by atoms with Crippen molar-refractivity contribution in [3.63, 3.8) is 0 Å². The van der Waals surface area contributed by atoms with E-state index in [1.165, 1.54) is 83.8 Å². The fraction of sp³-hybridized carbons (Fsp3) is 1.00. The van der Waals surface area contributed by atoms with E-state index in [9.17, 15) is 0 Å². The lowest BCUT2D eigenvalue weighted by Gasteiger charge is -2.21. The molecule has 0 spiro atoms. The second kappa shape index (κ2) is 9.94. The van der Waals surface area contributed by atoms with Crippen LogP contribution in [0.2, 0.25) is 0 Å². The topological polar surface area (TPSA) is 3.24 Å². The maximum atomic E-state index is 2.54. The highest BCUT2D eigenvalue weighted by molar-refractivity contribution is 4.65. The third-order valence-corrected chi connectivity index (χ3v) is 4.46. The molecule has 0 atom stereocenters. The minimum atomic E-state index is 1.09. The molecule has 17 heavy (non-hydrogen) atoms. The normalized spacial score (nSPS) is 17.8. The summed E-state index contributed by atoms with van der Waals surface area (Å²) in [6.07, 6.45) is 14.9. The monoisotopic (exact) mass is 239 g/mol. The Labute approximate surface area is 109 Å². The van der Waals surface area contributed by atoms with Gasteiger partial charge in [-0.25, -0.2) is 0 Å². The van der Waals surface area contributed by atoms with Gasteiger partial charge in [0, 0.05) is 0 Å². The predicted octanol–water partition coefficient (Wildman–Crippen LogP) is 4.86. The van der Waals surface area contributed by atoms with Gasteiger partial charge in [-0.2, -0.15) is 0 Å². The van der Waals surface area contributed by atoms with Crippen LogP contribution in [0.4, 0.5) is 0 Å². The second-order valence-electron chi connectivity index (χ2n) is 5.73. The van der Waals surface area contributed by atoms with Gasteiger partial charge < -0.3 is 4.90 Å². The minimum Gasteiger partial charge on any atom is -0.304 e. The Balaban J connectivity index is 1.86. The first-order chi connectivity index (χ1) is 8.36. The summed E-state index contributed by atoms with van der Waals surface area (Å²) in [5.74, 6) is 1.09. The van der Waals surface area contributed by atoms with Crippen molar-refractivity contribution in [1.29, 1.82) is 0 Å². The third-order valence-electron chi connectivity index (χ3n) is 4.46. The van der Waals surface area contributed by atoms with Gasteiger partial charge in [0.25, 0.3) is 0 Å². The number of unbranched alkanes of at least 4 members (excludes halogenated alkanes) is 3. The highest BCUT2D eigenvalue weighted by Crippen LogP contribution is 2.27. The number of hydrogen-bond acceptors (Lipinski definition) is 1. The first kappa shape index (κ1) is 15.0. The Morgan fingerprint density at radius 1 is 0.824 bits per heavy atom. The van der Waals surface area contributed by atoms with Crippen molar-refractivity contribution in [3.8, 4) is 0 Å². The number of rotatable bonds is 9. The predicted molar refractivity (Wildman–Crippen MR) is 77.4 cm³/mol. The molecule has 0 N–H and O–H groups in total. The average molecular weight is 239 g/mol. The zero-order valence-corrected chi connectivity index (χ0v) is 12.2. The van der Waals surface area contributed by atoms with Crippen LogP contribution in [0.3, 0.4) is 0 Å². The molecule has 0 radical (unpaired) electrons. The van der Waals surface area contributed by atoms with E-state index in [2.05, 4.69) is 18.7 Å². The van der Waals surface area contributed by atoms with E-state index in [4.69, 9.17) is 0 Å². The van der Waals surface area contributed by atoms with Crippen molar-refractivity contribution < 1.29 is 0 Å². The quantitative estimate of drug-likeness (QED) is 0.519. The molecule has 0 unspecified atom stereocenters. The smallest absolute Gasteiger partial charge is 0.00190 e. The van der Waals surface area contributed by atoms with Crippen molar-refractivity contribution in [2.75, 3.05) is 19.6 Å². The van der Waals surface area contributed by atoms with Crippen LogP contribution in [-0.4, -0.2) is 24.5 Å². The first-order valence-corrected chi connectivity index (χ1v) is 8.09. The van der Waals surface area contributed by atoms with Crippen LogP contribution in [0.15, 0.2) is 0 Å². The molecule has 0 heterocycles. The standard InChI is InChI=1S/C16H33N/c1-3-17(4-2)15-11-6-5-8-12-16-13-9-7-10-14-16/h16H,3-15H2,1-2H3. The maximum Gasteiger partial charge on any atom is -0.00190 e. The molecule has 1 aliphatic carbocycles. The van der Waals surface area contributed by atoms with Gasteiger partial charge in [0.2, 0.25) is 0 Å². The Morgan fingerprint density at radius 3 is 2.12 bits per heavy atom. The van der Waals surface area contributed by atoms with E-state index in [-0.39, 0.29) is 0 Å². The molecule has 0 saturated heterocycles. The molecule has 102 valence electrons. The number of hydrogen-bond donors (Lipinski definition) is 0. The molecule has 0 aliphatic heterocycles. The highest BCUT2D eigenvalue weighted by Gasteiger charge is 2.12. The van der Waals surface area contributed by atoms with Crippen molar-refractivity contribution in [1.82, 2.24) is 4.90 Å². The zero-order valence-electron chi connectivity index (χ0n) is 12.2. The molecule has 1 fully saturated rings. The van der Waals surface area contributed by atoms with Gasteiger partial charge in [-0.3, -0.25) is 0 Å². The molecule has 1 aliphatic rings. The maximum absolute atomic E-state index is 2.54. The van der Waals surface area contributed by atoms with E-state index >= 15 is 0 Å². The van der Waals surface area contributed by atoms with E-state index in [0.717, 1.165) is 5.92 Å². The summed E-state index contributed by atoms with van der Waals surface area (Å²) < 4.78 is 0. The summed E-state index contributed by atoms with van der Waals surface area (Å²) in [6, 6.07) is 0. The molecule has 1 nitrogen and oxygen atoms in total. The summed E-state index contributed by atoms with van der Waals surface area (Å²) in [5.41, 5.74) is 0. The van der Waals surface area contributed by atoms with Gasteiger partial charge >= 0.3 is 0 Å². The first-order valence-electron chi connectivity index (χ1n) is 8.09. The fourth-order valence-corrected chi connectivity index (χ4v) is 3.14. The number of nitrogens with zero attached hydrogens (tertiary/aromatic N) is 1. The molecule has 0 aromatic heterocycles. The molecule has 1 saturated carbocycles. The summed E-state index contributed by atoms with van der Waals surface area (Å²) >= 11 is 0. The van der Waals surface area contributed by atoms with Gasteiger partial charge in [-0.1, -0.05) is 71.6 Å². The van der Waals surface area contributed by atoms with E-state index in [0.29, 0.717) is 0 Å². The van der Waals surface area contributed by atoms with E-state index < -0.39 is 0 Å². The van der Waals surface area contributed by atoms with Gasteiger partial charge in [-0.15, -0.1) is 0 Å². The minimum absolute atomic E-state index is 1.09.